The molecule has 0 aromatic rings. The molecule has 0 saturated carbocycles. The summed E-state index contributed by atoms with van der Waals surface area (Å²) >= 11 is 0. The predicted molar refractivity (Wildman–Crippen MR) is 27.2 cm³/mol. The smallest absolute Gasteiger partial charge is 0.550 e. The van der Waals surface area contributed by atoms with Crippen LogP contribution in [-0.2, 0) is 9.59 Å². The fraction of sp³-hybridized carbons (Fsp3) is 0.600. The maximum Gasteiger partial charge on any atom is 1.00 e. The molecule has 0 radical (unpaired) electrons. The summed E-state index contributed by atoms with van der Waals surface area (Å²) in [7, 11) is 0. The van der Waals surface area contributed by atoms with Crippen molar-refractivity contribution in [1.82, 2.24) is 0 Å². The average Bonchev–Trinajstić information content (AvgIpc) is 1.82. The van der Waals surface area contributed by atoms with E-state index in [1.165, 1.54) is 0 Å². The molecular formula is C5H7NO4Rb2. The Morgan fingerprint density at radius 3 is 1.92 bits per heavy atom. The molecule has 0 aromatic carbocycles. The van der Waals surface area contributed by atoms with Crippen molar-refractivity contribution < 1.29 is 136 Å². The van der Waals surface area contributed by atoms with Crippen molar-refractivity contribution in [2.45, 2.75) is 18.9 Å². The fourth-order valence-corrected chi connectivity index (χ4v) is 0.391. The number of carboxylic acids is 2. The van der Waals surface area contributed by atoms with E-state index in [-0.39, 0.29) is 129 Å². The Kier molecular flexibility index (Phi) is 19.3. The van der Waals surface area contributed by atoms with Crippen molar-refractivity contribution in [3.63, 3.8) is 0 Å². The molecule has 0 aliphatic rings. The molecule has 0 saturated heterocycles. The molecule has 0 aliphatic carbocycles. The minimum Gasteiger partial charge on any atom is -0.550 e. The maximum absolute atomic E-state index is 9.86. The van der Waals surface area contributed by atoms with Gasteiger partial charge in [0.25, 0.3) is 0 Å². The van der Waals surface area contributed by atoms with Crippen LogP contribution in [0.4, 0.5) is 0 Å². The summed E-state index contributed by atoms with van der Waals surface area (Å²) in [5.41, 5.74) is 4.91. The van der Waals surface area contributed by atoms with Crippen LogP contribution in [0.25, 0.3) is 0 Å². The normalized spacial score (nSPS) is 10.4. The number of aliphatic carboxylic acids is 2. The van der Waals surface area contributed by atoms with Crippen LogP contribution in [0.2, 0.25) is 0 Å². The van der Waals surface area contributed by atoms with Crippen LogP contribution >= 0.6 is 0 Å². The van der Waals surface area contributed by atoms with Gasteiger partial charge in [-0.2, -0.15) is 0 Å². The fourth-order valence-electron chi connectivity index (χ4n) is 0.391. The Morgan fingerprint density at radius 2 is 1.67 bits per heavy atom. The number of hydrogen-bond donors (Lipinski definition) is 1. The van der Waals surface area contributed by atoms with Crippen molar-refractivity contribution in [3.8, 4) is 0 Å². The van der Waals surface area contributed by atoms with Crippen LogP contribution in [0.15, 0.2) is 0 Å². The van der Waals surface area contributed by atoms with Gasteiger partial charge >= 0.3 is 116 Å². The van der Waals surface area contributed by atoms with Crippen molar-refractivity contribution >= 4 is 11.9 Å². The Hall–Kier alpha value is 2.51. The van der Waals surface area contributed by atoms with Crippen LogP contribution in [-0.4, -0.2) is 18.0 Å². The van der Waals surface area contributed by atoms with Crippen molar-refractivity contribution in [2.24, 2.45) is 5.73 Å². The van der Waals surface area contributed by atoms with Crippen LogP contribution in [0.3, 0.4) is 0 Å². The number of carbonyl (C=O) groups is 2. The van der Waals surface area contributed by atoms with Crippen LogP contribution in [0.1, 0.15) is 12.8 Å². The standard InChI is InChI=1S/C5H9NO4.2Rb/c6-3(5(9)10)1-2-4(7)8;;/h3H,1-2,6H2,(H,7,8)(H,9,10);;/q;2*+1/p-2. The van der Waals surface area contributed by atoms with Gasteiger partial charge in [0.2, 0.25) is 0 Å². The van der Waals surface area contributed by atoms with Gasteiger partial charge in [-0.15, -0.1) is 0 Å². The number of rotatable bonds is 4. The van der Waals surface area contributed by atoms with Gasteiger partial charge in [0.15, 0.2) is 0 Å². The third-order valence-electron chi connectivity index (χ3n) is 0.962. The molecule has 0 amide bonds. The van der Waals surface area contributed by atoms with E-state index >= 15 is 0 Å². The first kappa shape index (κ1) is 20.0. The zero-order valence-electron chi connectivity index (χ0n) is 7.20. The molecule has 0 heterocycles. The third-order valence-corrected chi connectivity index (χ3v) is 0.962. The first-order valence-corrected chi connectivity index (χ1v) is 2.70. The van der Waals surface area contributed by atoms with Gasteiger partial charge in [-0.25, -0.2) is 0 Å². The van der Waals surface area contributed by atoms with Gasteiger partial charge in [0, 0.05) is 12.0 Å². The maximum atomic E-state index is 9.86. The zero-order valence-corrected chi connectivity index (χ0v) is 17.0. The van der Waals surface area contributed by atoms with Crippen molar-refractivity contribution in [1.29, 1.82) is 0 Å². The van der Waals surface area contributed by atoms with Gasteiger partial charge in [-0.1, -0.05) is 0 Å². The van der Waals surface area contributed by atoms with E-state index in [1.54, 1.807) is 0 Å². The second-order valence-corrected chi connectivity index (χ2v) is 1.84. The van der Waals surface area contributed by atoms with Gasteiger partial charge in [-0.05, 0) is 12.8 Å². The third kappa shape index (κ3) is 12.5. The second kappa shape index (κ2) is 11.6. The van der Waals surface area contributed by atoms with Crippen LogP contribution in [0, 0.1) is 0 Å². The molecule has 1 unspecified atom stereocenters. The first-order chi connectivity index (χ1) is 4.54. The van der Waals surface area contributed by atoms with E-state index < -0.39 is 18.0 Å². The summed E-state index contributed by atoms with van der Waals surface area (Å²) < 4.78 is 0. The number of hydrogen-bond acceptors (Lipinski definition) is 5. The topological polar surface area (TPSA) is 106 Å². The number of nitrogens with two attached hydrogens (primary N) is 1. The summed E-state index contributed by atoms with van der Waals surface area (Å²) in [5.74, 6) is -2.75. The Bertz CT molecular complexity index is 152. The number of carbonyl (C=O) groups excluding carboxylic acids is 2. The van der Waals surface area contributed by atoms with Gasteiger partial charge < -0.3 is 25.5 Å². The van der Waals surface area contributed by atoms with E-state index in [0.717, 1.165) is 0 Å². The monoisotopic (exact) mass is 315 g/mol. The molecule has 0 fully saturated rings. The minimum atomic E-state index is -1.44. The Morgan fingerprint density at radius 1 is 1.25 bits per heavy atom. The van der Waals surface area contributed by atoms with E-state index in [0.29, 0.717) is 0 Å². The molecule has 1 atom stereocenters. The average molecular weight is 316 g/mol. The minimum absolute atomic E-state index is 0. The predicted octanol–water partition coefficient (Wildman–Crippen LogP) is -9.40. The molecule has 2 N–H and O–H groups in total. The van der Waals surface area contributed by atoms with Crippen molar-refractivity contribution in [2.75, 3.05) is 0 Å². The van der Waals surface area contributed by atoms with E-state index in [9.17, 15) is 19.8 Å². The van der Waals surface area contributed by atoms with E-state index in [1.807, 2.05) is 0 Å². The summed E-state index contributed by atoms with van der Waals surface area (Å²) in [6, 6.07) is -1.21. The molecule has 0 aliphatic heterocycles. The van der Waals surface area contributed by atoms with Crippen LogP contribution in [0.5, 0.6) is 0 Å². The van der Waals surface area contributed by atoms with Gasteiger partial charge in [0.05, 0.1) is 5.97 Å². The molecule has 0 bridgehead atoms. The molecule has 0 aromatic heterocycles. The number of carboxylic acid groups (broad SMARTS) is 2. The zero-order chi connectivity index (χ0) is 8.15. The first-order valence-electron chi connectivity index (χ1n) is 2.70. The molecular weight excluding hydrogens is 309 g/mol. The summed E-state index contributed by atoms with van der Waals surface area (Å²) in [6.45, 7) is 0. The molecule has 12 heavy (non-hydrogen) atoms. The SMILES string of the molecule is NC(CCC(=O)[O-])C(=O)[O-].[Rb+].[Rb+]. The van der Waals surface area contributed by atoms with Gasteiger partial charge in [0.1, 0.15) is 0 Å². The molecule has 0 rings (SSSR count). The van der Waals surface area contributed by atoms with Crippen molar-refractivity contribution in [3.05, 3.63) is 0 Å². The molecule has 7 heteroatoms. The Balaban J connectivity index is -0.000000405. The molecule has 0 spiro atoms. The summed E-state index contributed by atoms with van der Waals surface area (Å²) in [6.07, 6.45) is -0.500. The Labute approximate surface area is 168 Å². The van der Waals surface area contributed by atoms with E-state index in [2.05, 4.69) is 0 Å². The van der Waals surface area contributed by atoms with E-state index in [4.69, 9.17) is 5.73 Å². The second-order valence-electron chi connectivity index (χ2n) is 1.84. The molecule has 5 nitrogen and oxygen atoms in total. The molecule has 58 valence electrons. The van der Waals surface area contributed by atoms with Crippen LogP contribution < -0.4 is 132 Å². The van der Waals surface area contributed by atoms with Gasteiger partial charge in [-0.3, -0.25) is 0 Å². The summed E-state index contributed by atoms with van der Waals surface area (Å²) in [5, 5.41) is 19.6. The largest absolute Gasteiger partial charge is 1.00 e. The quantitative estimate of drug-likeness (QED) is 0.554. The summed E-state index contributed by atoms with van der Waals surface area (Å²) in [4.78, 5) is 19.6.